The monoisotopic (exact) mass is 179 g/mol. The van der Waals surface area contributed by atoms with Gasteiger partial charge in [-0.1, -0.05) is 0 Å². The molecule has 1 rings (SSSR count). The van der Waals surface area contributed by atoms with Crippen molar-refractivity contribution in [2.24, 2.45) is 0 Å². The van der Waals surface area contributed by atoms with Gasteiger partial charge in [0.05, 0.1) is 0 Å². The van der Waals surface area contributed by atoms with Gasteiger partial charge in [-0.3, -0.25) is 14.3 Å². The largest absolute Gasteiger partial charge is 0.329 e. The predicted octanol–water partition coefficient (Wildman–Crippen LogP) is -0.0108. The molecule has 68 valence electrons. The van der Waals surface area contributed by atoms with Crippen LogP contribution in [-0.2, 0) is 0 Å². The first-order valence-corrected chi connectivity index (χ1v) is 3.82. The Morgan fingerprint density at radius 3 is 2.62 bits per heavy atom. The molecular formula is C8H9N3O2. The molecule has 0 radical (unpaired) electrons. The second-order valence-corrected chi connectivity index (χ2v) is 2.90. The zero-order valence-corrected chi connectivity index (χ0v) is 7.37. The molecule has 0 aromatic carbocycles. The fourth-order valence-corrected chi connectivity index (χ4v) is 1.10. The molecule has 13 heavy (non-hydrogen) atoms. The van der Waals surface area contributed by atoms with Crippen LogP contribution in [0.5, 0.6) is 0 Å². The van der Waals surface area contributed by atoms with Crippen LogP contribution in [-0.4, -0.2) is 9.55 Å². The minimum absolute atomic E-state index is 0.0868. The van der Waals surface area contributed by atoms with Crippen molar-refractivity contribution >= 4 is 0 Å². The Morgan fingerprint density at radius 2 is 2.15 bits per heavy atom. The Balaban J connectivity index is 3.60. The molecule has 0 spiro atoms. The summed E-state index contributed by atoms with van der Waals surface area (Å²) in [6, 6.07) is 2.77. The average Bonchev–Trinajstić information content (AvgIpc) is 2.01. The lowest BCUT2D eigenvalue weighted by molar-refractivity contribution is 0.554. The van der Waals surface area contributed by atoms with Crippen molar-refractivity contribution in [2.45, 2.75) is 19.9 Å². The molecule has 1 heterocycles. The van der Waals surface area contributed by atoms with Crippen LogP contribution in [0.4, 0.5) is 0 Å². The van der Waals surface area contributed by atoms with Gasteiger partial charge in [-0.05, 0) is 13.8 Å². The van der Waals surface area contributed by atoms with Gasteiger partial charge in [0.25, 0.3) is 5.56 Å². The van der Waals surface area contributed by atoms with Crippen molar-refractivity contribution in [3.8, 4) is 6.07 Å². The number of nitriles is 1. The van der Waals surface area contributed by atoms with E-state index >= 15 is 0 Å². The lowest BCUT2D eigenvalue weighted by Gasteiger charge is -2.09. The molecule has 0 fully saturated rings. The van der Waals surface area contributed by atoms with Gasteiger partial charge in [0.2, 0.25) is 0 Å². The number of aromatic nitrogens is 2. The van der Waals surface area contributed by atoms with E-state index in [2.05, 4.69) is 4.98 Å². The number of nitrogens with one attached hydrogen (secondary N) is 1. The number of hydrogen-bond acceptors (Lipinski definition) is 3. The third-order valence-electron chi connectivity index (χ3n) is 1.61. The number of rotatable bonds is 1. The first-order chi connectivity index (χ1) is 6.06. The van der Waals surface area contributed by atoms with Crippen molar-refractivity contribution in [1.82, 2.24) is 9.55 Å². The molecule has 0 aliphatic heterocycles. The van der Waals surface area contributed by atoms with Crippen LogP contribution in [0.2, 0.25) is 0 Å². The number of nitrogens with zero attached hydrogens (tertiary/aromatic N) is 2. The molecule has 0 aliphatic carbocycles. The van der Waals surface area contributed by atoms with Crippen molar-refractivity contribution in [3.63, 3.8) is 0 Å². The number of H-pyrrole nitrogens is 1. The molecule has 0 atom stereocenters. The Labute approximate surface area is 74.3 Å². The smallest absolute Gasteiger partial charge is 0.282 e. The van der Waals surface area contributed by atoms with Crippen LogP contribution in [0, 0.1) is 11.3 Å². The van der Waals surface area contributed by atoms with Gasteiger partial charge in [-0.15, -0.1) is 0 Å². The van der Waals surface area contributed by atoms with Gasteiger partial charge in [-0.25, -0.2) is 4.79 Å². The minimum atomic E-state index is -0.543. The van der Waals surface area contributed by atoms with Crippen molar-refractivity contribution in [2.75, 3.05) is 0 Å². The fraction of sp³-hybridized carbons (Fsp3) is 0.375. The molecule has 1 aromatic heterocycles. The summed E-state index contributed by atoms with van der Waals surface area (Å²) in [6.45, 7) is 3.53. The maximum atomic E-state index is 11.2. The molecule has 0 unspecified atom stereocenters. The summed E-state index contributed by atoms with van der Waals surface area (Å²) in [7, 11) is 0. The lowest BCUT2D eigenvalue weighted by atomic mass is 10.3. The van der Waals surface area contributed by atoms with E-state index in [1.807, 2.05) is 0 Å². The molecule has 1 aromatic rings. The minimum Gasteiger partial charge on any atom is -0.282 e. The van der Waals surface area contributed by atoms with E-state index in [1.165, 1.54) is 4.57 Å². The maximum Gasteiger partial charge on any atom is 0.329 e. The molecule has 5 heteroatoms. The number of aromatic amines is 1. The van der Waals surface area contributed by atoms with Crippen molar-refractivity contribution in [1.29, 1.82) is 5.26 Å². The Morgan fingerprint density at radius 1 is 1.54 bits per heavy atom. The second kappa shape index (κ2) is 3.27. The van der Waals surface area contributed by atoms with Gasteiger partial charge in [0, 0.05) is 12.1 Å². The highest BCUT2D eigenvalue weighted by Gasteiger charge is 2.07. The van der Waals surface area contributed by atoms with Crippen LogP contribution < -0.4 is 11.2 Å². The van der Waals surface area contributed by atoms with Gasteiger partial charge in [-0.2, -0.15) is 5.26 Å². The topological polar surface area (TPSA) is 78.7 Å². The Hall–Kier alpha value is -1.83. The lowest BCUT2D eigenvalue weighted by Crippen LogP contribution is -2.32. The molecule has 0 aliphatic rings. The third kappa shape index (κ3) is 1.67. The first-order valence-electron chi connectivity index (χ1n) is 3.82. The summed E-state index contributed by atoms with van der Waals surface area (Å²) in [5.41, 5.74) is -0.999. The van der Waals surface area contributed by atoms with Gasteiger partial charge in [0.15, 0.2) is 0 Å². The predicted molar refractivity (Wildman–Crippen MR) is 46.4 cm³/mol. The van der Waals surface area contributed by atoms with E-state index in [0.717, 1.165) is 6.07 Å². The van der Waals surface area contributed by atoms with Gasteiger partial charge in [0.1, 0.15) is 11.8 Å². The Bertz CT molecular complexity index is 462. The zero-order valence-electron chi connectivity index (χ0n) is 7.37. The maximum absolute atomic E-state index is 11.2. The molecule has 0 saturated carbocycles. The van der Waals surface area contributed by atoms with Crippen LogP contribution in [0.25, 0.3) is 0 Å². The molecule has 1 N–H and O–H groups in total. The van der Waals surface area contributed by atoms with Crippen molar-refractivity contribution in [3.05, 3.63) is 32.6 Å². The summed E-state index contributed by atoms with van der Waals surface area (Å²) in [6.07, 6.45) is 0. The van der Waals surface area contributed by atoms with E-state index < -0.39 is 11.2 Å². The first kappa shape index (κ1) is 9.26. The summed E-state index contributed by atoms with van der Waals surface area (Å²) in [5.74, 6) is 0. The Kier molecular flexibility index (Phi) is 2.33. The SMILES string of the molecule is CC(C)n1c(C#N)cc(=O)[nH]c1=O. The molecule has 0 amide bonds. The summed E-state index contributed by atoms with van der Waals surface area (Å²) < 4.78 is 1.24. The van der Waals surface area contributed by atoms with E-state index in [9.17, 15) is 9.59 Å². The molecule has 0 bridgehead atoms. The summed E-state index contributed by atoms with van der Waals surface area (Å²) >= 11 is 0. The molecule has 5 nitrogen and oxygen atoms in total. The zero-order chi connectivity index (χ0) is 10.0. The standard InChI is InChI=1S/C8H9N3O2/c1-5(2)11-6(4-9)3-7(12)10-8(11)13/h3,5H,1-2H3,(H,10,12,13). The molecular weight excluding hydrogens is 170 g/mol. The van der Waals surface area contributed by atoms with E-state index in [1.54, 1.807) is 19.9 Å². The third-order valence-corrected chi connectivity index (χ3v) is 1.61. The average molecular weight is 179 g/mol. The second-order valence-electron chi connectivity index (χ2n) is 2.90. The highest BCUT2D eigenvalue weighted by atomic mass is 16.2. The van der Waals surface area contributed by atoms with Crippen LogP contribution in [0.1, 0.15) is 25.6 Å². The van der Waals surface area contributed by atoms with Gasteiger partial charge >= 0.3 is 5.69 Å². The van der Waals surface area contributed by atoms with E-state index in [-0.39, 0.29) is 11.7 Å². The van der Waals surface area contributed by atoms with Crippen LogP contribution in [0.15, 0.2) is 15.7 Å². The van der Waals surface area contributed by atoms with Crippen LogP contribution >= 0.6 is 0 Å². The van der Waals surface area contributed by atoms with E-state index in [4.69, 9.17) is 5.26 Å². The van der Waals surface area contributed by atoms with Crippen LogP contribution in [0.3, 0.4) is 0 Å². The van der Waals surface area contributed by atoms with Gasteiger partial charge < -0.3 is 0 Å². The highest BCUT2D eigenvalue weighted by molar-refractivity contribution is 5.19. The van der Waals surface area contributed by atoms with Crippen molar-refractivity contribution < 1.29 is 0 Å². The number of hydrogen-bond donors (Lipinski definition) is 1. The quantitative estimate of drug-likeness (QED) is 0.658. The molecule has 0 saturated heterocycles. The fourth-order valence-electron chi connectivity index (χ4n) is 1.10. The summed E-state index contributed by atoms with van der Waals surface area (Å²) in [5, 5.41) is 8.65. The van der Waals surface area contributed by atoms with E-state index in [0.29, 0.717) is 0 Å². The normalized spacial score (nSPS) is 10.0. The summed E-state index contributed by atoms with van der Waals surface area (Å²) in [4.78, 5) is 24.1. The highest BCUT2D eigenvalue weighted by Crippen LogP contribution is 2.01.